The van der Waals surface area contributed by atoms with Gasteiger partial charge in [0.1, 0.15) is 5.75 Å². The van der Waals surface area contributed by atoms with E-state index in [0.717, 1.165) is 44.9 Å². The Labute approximate surface area is 137 Å². The summed E-state index contributed by atoms with van der Waals surface area (Å²) in [6, 6.07) is 8.52. The van der Waals surface area contributed by atoms with Crippen LogP contribution in [0.25, 0.3) is 0 Å². The van der Waals surface area contributed by atoms with Crippen LogP contribution in [-0.4, -0.2) is 56.9 Å². The van der Waals surface area contributed by atoms with Gasteiger partial charge in [-0.15, -0.1) is 0 Å². The van der Waals surface area contributed by atoms with E-state index in [0.29, 0.717) is 12.6 Å². The van der Waals surface area contributed by atoms with E-state index in [4.69, 9.17) is 9.47 Å². The van der Waals surface area contributed by atoms with Gasteiger partial charge in [-0.2, -0.15) is 0 Å². The second kappa shape index (κ2) is 7.66. The number of ether oxygens (including phenoxy) is 2. The standard InChI is InChI=1S/C17H25N3O3/c1-22-15-6-2-13(3-7-15)16(20-8-10-23-11-9-20)12-18-17(21)19-14-4-5-14/h2-3,6-7,14,16H,4-5,8-12H2,1H3,(H2,18,19,21)/t16-/m0/s1. The van der Waals surface area contributed by atoms with Crippen LogP contribution in [0.3, 0.4) is 0 Å². The summed E-state index contributed by atoms with van der Waals surface area (Å²) in [5.41, 5.74) is 1.18. The number of methoxy groups -OCH3 is 1. The first kappa shape index (κ1) is 16.1. The first-order valence-electron chi connectivity index (χ1n) is 8.26. The summed E-state index contributed by atoms with van der Waals surface area (Å²) >= 11 is 0. The zero-order valence-corrected chi connectivity index (χ0v) is 13.6. The third-order valence-corrected chi connectivity index (χ3v) is 4.36. The predicted molar refractivity (Wildman–Crippen MR) is 87.7 cm³/mol. The van der Waals surface area contributed by atoms with Gasteiger partial charge in [-0.3, -0.25) is 4.90 Å². The van der Waals surface area contributed by atoms with Gasteiger partial charge in [-0.05, 0) is 30.5 Å². The smallest absolute Gasteiger partial charge is 0.315 e. The van der Waals surface area contributed by atoms with Gasteiger partial charge >= 0.3 is 6.03 Å². The van der Waals surface area contributed by atoms with Crippen LogP contribution in [0.15, 0.2) is 24.3 Å². The zero-order valence-electron chi connectivity index (χ0n) is 13.6. The summed E-state index contributed by atoms with van der Waals surface area (Å²) in [5, 5.41) is 5.98. The van der Waals surface area contributed by atoms with Crippen LogP contribution in [-0.2, 0) is 4.74 Å². The quantitative estimate of drug-likeness (QED) is 0.835. The highest BCUT2D eigenvalue weighted by Crippen LogP contribution is 2.24. The molecule has 0 radical (unpaired) electrons. The number of carbonyl (C=O) groups excluding carboxylic acids is 1. The number of amides is 2. The Bertz CT molecular complexity index is 510. The Morgan fingerprint density at radius 3 is 2.61 bits per heavy atom. The fraction of sp³-hybridized carbons (Fsp3) is 0.588. The molecule has 6 heteroatoms. The third-order valence-electron chi connectivity index (χ3n) is 4.36. The van der Waals surface area contributed by atoms with Crippen molar-refractivity contribution in [2.45, 2.75) is 24.9 Å². The van der Waals surface area contributed by atoms with Crippen LogP contribution in [0.1, 0.15) is 24.4 Å². The molecule has 23 heavy (non-hydrogen) atoms. The fourth-order valence-electron chi connectivity index (χ4n) is 2.83. The van der Waals surface area contributed by atoms with E-state index < -0.39 is 0 Å². The molecule has 2 amide bonds. The van der Waals surface area contributed by atoms with E-state index in [2.05, 4.69) is 27.7 Å². The minimum Gasteiger partial charge on any atom is -0.497 e. The summed E-state index contributed by atoms with van der Waals surface area (Å²) < 4.78 is 10.7. The van der Waals surface area contributed by atoms with Crippen LogP contribution in [0.2, 0.25) is 0 Å². The molecule has 0 bridgehead atoms. The minimum atomic E-state index is -0.0701. The molecule has 2 aliphatic rings. The maximum atomic E-state index is 11.9. The molecule has 1 aliphatic carbocycles. The molecule has 6 nitrogen and oxygen atoms in total. The van der Waals surface area contributed by atoms with Crippen molar-refractivity contribution in [2.24, 2.45) is 0 Å². The molecule has 3 rings (SSSR count). The van der Waals surface area contributed by atoms with Crippen molar-refractivity contribution in [2.75, 3.05) is 40.0 Å². The van der Waals surface area contributed by atoms with E-state index in [-0.39, 0.29) is 12.1 Å². The van der Waals surface area contributed by atoms with Crippen molar-refractivity contribution in [1.82, 2.24) is 15.5 Å². The number of rotatable bonds is 6. The molecule has 1 aliphatic heterocycles. The van der Waals surface area contributed by atoms with Gasteiger partial charge in [0.2, 0.25) is 0 Å². The largest absolute Gasteiger partial charge is 0.497 e. The Morgan fingerprint density at radius 1 is 1.30 bits per heavy atom. The van der Waals surface area contributed by atoms with Crippen molar-refractivity contribution in [3.05, 3.63) is 29.8 Å². The number of morpholine rings is 1. The number of benzene rings is 1. The Morgan fingerprint density at radius 2 is 2.00 bits per heavy atom. The highest BCUT2D eigenvalue weighted by Gasteiger charge is 2.26. The number of carbonyl (C=O) groups is 1. The minimum absolute atomic E-state index is 0.0701. The van der Waals surface area contributed by atoms with E-state index in [9.17, 15) is 4.79 Å². The van der Waals surface area contributed by atoms with Crippen LogP contribution in [0, 0.1) is 0 Å². The van der Waals surface area contributed by atoms with Crippen LogP contribution in [0.4, 0.5) is 4.79 Å². The van der Waals surface area contributed by atoms with Gasteiger partial charge in [0.25, 0.3) is 0 Å². The molecular weight excluding hydrogens is 294 g/mol. The van der Waals surface area contributed by atoms with Gasteiger partial charge < -0.3 is 20.1 Å². The Kier molecular flexibility index (Phi) is 5.35. The second-order valence-corrected chi connectivity index (χ2v) is 6.07. The zero-order chi connectivity index (χ0) is 16.1. The molecule has 126 valence electrons. The molecule has 0 aromatic heterocycles. The second-order valence-electron chi connectivity index (χ2n) is 6.07. The summed E-state index contributed by atoms with van der Waals surface area (Å²) in [7, 11) is 1.66. The van der Waals surface area contributed by atoms with Crippen molar-refractivity contribution >= 4 is 6.03 Å². The Hall–Kier alpha value is -1.79. The third kappa shape index (κ3) is 4.59. The van der Waals surface area contributed by atoms with Crippen molar-refractivity contribution in [3.8, 4) is 5.75 Å². The van der Waals surface area contributed by atoms with E-state index in [1.807, 2.05) is 12.1 Å². The lowest BCUT2D eigenvalue weighted by Crippen LogP contribution is -2.46. The number of hydrogen-bond donors (Lipinski definition) is 2. The molecule has 0 spiro atoms. The molecule has 1 aromatic rings. The molecule has 1 saturated carbocycles. The highest BCUT2D eigenvalue weighted by molar-refractivity contribution is 5.74. The maximum absolute atomic E-state index is 11.9. The summed E-state index contributed by atoms with van der Waals surface area (Å²) in [4.78, 5) is 14.3. The average Bonchev–Trinajstić information content (AvgIpc) is 3.40. The SMILES string of the molecule is COc1ccc([C@H](CNC(=O)NC2CC2)N2CCOCC2)cc1. The molecule has 2 N–H and O–H groups in total. The van der Waals surface area contributed by atoms with E-state index in [1.54, 1.807) is 7.11 Å². The molecule has 1 aromatic carbocycles. The van der Waals surface area contributed by atoms with Crippen LogP contribution < -0.4 is 15.4 Å². The molecule has 1 saturated heterocycles. The first-order chi connectivity index (χ1) is 11.3. The van der Waals surface area contributed by atoms with Gasteiger partial charge in [0, 0.05) is 25.7 Å². The van der Waals surface area contributed by atoms with Gasteiger partial charge in [-0.25, -0.2) is 4.79 Å². The lowest BCUT2D eigenvalue weighted by Gasteiger charge is -2.35. The van der Waals surface area contributed by atoms with Gasteiger partial charge in [-0.1, -0.05) is 12.1 Å². The van der Waals surface area contributed by atoms with Crippen LogP contribution in [0.5, 0.6) is 5.75 Å². The molecule has 1 heterocycles. The summed E-state index contributed by atoms with van der Waals surface area (Å²) in [6.45, 7) is 3.82. The van der Waals surface area contributed by atoms with Crippen molar-refractivity contribution in [3.63, 3.8) is 0 Å². The van der Waals surface area contributed by atoms with Gasteiger partial charge in [0.15, 0.2) is 0 Å². The lowest BCUT2D eigenvalue weighted by atomic mass is 10.0. The average molecular weight is 319 g/mol. The molecule has 0 unspecified atom stereocenters. The lowest BCUT2D eigenvalue weighted by molar-refractivity contribution is 0.0167. The van der Waals surface area contributed by atoms with Crippen molar-refractivity contribution < 1.29 is 14.3 Å². The predicted octanol–water partition coefficient (Wildman–Crippen LogP) is 1.53. The Balaban J connectivity index is 1.65. The van der Waals surface area contributed by atoms with Gasteiger partial charge in [0.05, 0.1) is 26.4 Å². The highest BCUT2D eigenvalue weighted by atomic mass is 16.5. The molecule has 1 atom stereocenters. The number of urea groups is 1. The maximum Gasteiger partial charge on any atom is 0.315 e. The summed E-state index contributed by atoms with van der Waals surface area (Å²) in [6.07, 6.45) is 2.19. The fourth-order valence-corrected chi connectivity index (χ4v) is 2.83. The first-order valence-corrected chi connectivity index (χ1v) is 8.26. The number of nitrogens with zero attached hydrogens (tertiary/aromatic N) is 1. The van der Waals surface area contributed by atoms with Crippen molar-refractivity contribution in [1.29, 1.82) is 0 Å². The molecular formula is C17H25N3O3. The van der Waals surface area contributed by atoms with E-state index >= 15 is 0 Å². The normalized spacial score (nSPS) is 19.9. The molecule has 2 fully saturated rings. The monoisotopic (exact) mass is 319 g/mol. The summed E-state index contributed by atoms with van der Waals surface area (Å²) in [5.74, 6) is 0.842. The topological polar surface area (TPSA) is 62.8 Å². The number of nitrogens with one attached hydrogen (secondary N) is 2. The van der Waals surface area contributed by atoms with Crippen LogP contribution >= 0.6 is 0 Å². The van der Waals surface area contributed by atoms with E-state index in [1.165, 1.54) is 5.56 Å². The number of hydrogen-bond acceptors (Lipinski definition) is 4.